The number of hydrogen-bond acceptors (Lipinski definition) is 4. The zero-order chi connectivity index (χ0) is 17.6. The Morgan fingerprint density at radius 1 is 1.20 bits per heavy atom. The van der Waals surface area contributed by atoms with Crippen LogP contribution < -0.4 is 11.1 Å². The van der Waals surface area contributed by atoms with Gasteiger partial charge in [-0.3, -0.25) is 4.79 Å². The summed E-state index contributed by atoms with van der Waals surface area (Å²) in [5, 5.41) is 2.85. The van der Waals surface area contributed by atoms with E-state index in [4.69, 9.17) is 14.9 Å². The normalized spacial score (nSPS) is 14.2. The van der Waals surface area contributed by atoms with Crippen LogP contribution in [0.1, 0.15) is 16.9 Å². The molecular weight excluding hydrogens is 322 g/mol. The van der Waals surface area contributed by atoms with Crippen LogP contribution in [0.4, 0.5) is 4.79 Å². The van der Waals surface area contributed by atoms with Crippen LogP contribution in [-0.2, 0) is 29.3 Å². The van der Waals surface area contributed by atoms with Crippen molar-refractivity contribution in [3.8, 4) is 0 Å². The lowest BCUT2D eigenvalue weighted by Gasteiger charge is -2.37. The Hall–Kier alpha value is -2.80. The van der Waals surface area contributed by atoms with Gasteiger partial charge in [-0.05, 0) is 23.3 Å². The summed E-state index contributed by atoms with van der Waals surface area (Å²) in [6.07, 6.45) is 1.62. The van der Waals surface area contributed by atoms with Gasteiger partial charge in [0.1, 0.15) is 12.4 Å². The molecule has 0 unspecified atom stereocenters. The molecule has 1 aromatic carbocycles. The summed E-state index contributed by atoms with van der Waals surface area (Å²) in [4.78, 5) is 24.5. The Bertz CT molecular complexity index is 724. The van der Waals surface area contributed by atoms with Crippen LogP contribution in [0.2, 0.25) is 0 Å². The van der Waals surface area contributed by atoms with E-state index in [0.29, 0.717) is 32.8 Å². The second-order valence-electron chi connectivity index (χ2n) is 6.06. The molecule has 0 bridgehead atoms. The number of primary amides is 1. The molecule has 0 atom stereocenters. The van der Waals surface area contributed by atoms with Gasteiger partial charge >= 0.3 is 6.03 Å². The first kappa shape index (κ1) is 17.0. The molecule has 1 aliphatic heterocycles. The number of nitrogens with two attached hydrogens (primary N) is 1. The van der Waals surface area contributed by atoms with Crippen molar-refractivity contribution >= 4 is 11.9 Å². The fourth-order valence-electron chi connectivity index (χ4n) is 2.61. The maximum atomic E-state index is 12.0. The largest absolute Gasteiger partial charge is 0.467 e. The van der Waals surface area contributed by atoms with Crippen molar-refractivity contribution in [2.24, 2.45) is 11.7 Å². The SMILES string of the molecule is NC(=O)C1CN(C(=O)NCc2cccc(COCc3ccco3)c2)C1. The average Bonchev–Trinajstić information content (AvgIpc) is 3.05. The quantitative estimate of drug-likeness (QED) is 0.798. The van der Waals surface area contributed by atoms with Crippen molar-refractivity contribution < 1.29 is 18.7 Å². The standard InChI is InChI=1S/C18H21N3O4/c19-17(22)15-9-21(10-15)18(23)20-8-13-3-1-4-14(7-13)11-24-12-16-5-2-6-25-16/h1-7,15H,8-12H2,(H2,19,22)(H,20,23). The predicted molar refractivity (Wildman–Crippen MR) is 90.1 cm³/mol. The van der Waals surface area contributed by atoms with Crippen molar-refractivity contribution in [1.82, 2.24) is 10.2 Å². The third-order valence-corrected chi connectivity index (χ3v) is 4.10. The number of ether oxygens (including phenoxy) is 1. The first-order chi connectivity index (χ1) is 12.1. The molecular formula is C18H21N3O4. The molecule has 7 heteroatoms. The summed E-state index contributed by atoms with van der Waals surface area (Å²) in [5.41, 5.74) is 7.21. The Morgan fingerprint density at radius 3 is 2.72 bits per heavy atom. The first-order valence-corrected chi connectivity index (χ1v) is 8.12. The molecule has 1 fully saturated rings. The van der Waals surface area contributed by atoms with Crippen LogP contribution in [0.3, 0.4) is 0 Å². The lowest BCUT2D eigenvalue weighted by Crippen LogP contribution is -2.57. The van der Waals surface area contributed by atoms with Gasteiger partial charge in [-0.15, -0.1) is 0 Å². The molecule has 1 aliphatic rings. The number of likely N-dealkylation sites (tertiary alicyclic amines) is 1. The van der Waals surface area contributed by atoms with Crippen molar-refractivity contribution in [3.63, 3.8) is 0 Å². The van der Waals surface area contributed by atoms with E-state index in [1.54, 1.807) is 11.2 Å². The molecule has 132 valence electrons. The van der Waals surface area contributed by atoms with Crippen molar-refractivity contribution in [1.29, 1.82) is 0 Å². The summed E-state index contributed by atoms with van der Waals surface area (Å²) in [7, 11) is 0. The summed E-state index contributed by atoms with van der Waals surface area (Å²) in [5.74, 6) is 0.207. The molecule has 3 N–H and O–H groups in total. The van der Waals surface area contributed by atoms with Crippen LogP contribution in [-0.4, -0.2) is 29.9 Å². The maximum Gasteiger partial charge on any atom is 0.317 e. The zero-order valence-corrected chi connectivity index (χ0v) is 13.8. The van der Waals surface area contributed by atoms with Crippen LogP contribution in [0.5, 0.6) is 0 Å². The number of benzene rings is 1. The molecule has 7 nitrogen and oxygen atoms in total. The minimum atomic E-state index is -0.355. The molecule has 1 saturated heterocycles. The van der Waals surface area contributed by atoms with Gasteiger partial charge < -0.3 is 25.1 Å². The van der Waals surface area contributed by atoms with E-state index in [1.165, 1.54) is 0 Å². The molecule has 3 rings (SSSR count). The highest BCUT2D eigenvalue weighted by atomic mass is 16.5. The van der Waals surface area contributed by atoms with Gasteiger partial charge in [0.25, 0.3) is 0 Å². The Morgan fingerprint density at radius 2 is 2.00 bits per heavy atom. The number of hydrogen-bond donors (Lipinski definition) is 2. The van der Waals surface area contributed by atoms with Crippen LogP contribution >= 0.6 is 0 Å². The number of amides is 3. The highest BCUT2D eigenvalue weighted by Gasteiger charge is 2.34. The van der Waals surface area contributed by atoms with Crippen molar-refractivity contribution in [2.75, 3.05) is 13.1 Å². The number of nitrogens with zero attached hydrogens (tertiary/aromatic N) is 1. The van der Waals surface area contributed by atoms with Gasteiger partial charge in [0.05, 0.1) is 18.8 Å². The molecule has 25 heavy (non-hydrogen) atoms. The fourth-order valence-corrected chi connectivity index (χ4v) is 2.61. The van der Waals surface area contributed by atoms with Crippen LogP contribution in [0.25, 0.3) is 0 Å². The lowest BCUT2D eigenvalue weighted by molar-refractivity contribution is -0.125. The van der Waals surface area contributed by atoms with Gasteiger partial charge in [-0.25, -0.2) is 4.79 Å². The van der Waals surface area contributed by atoms with Crippen molar-refractivity contribution in [3.05, 3.63) is 59.5 Å². The van der Waals surface area contributed by atoms with Crippen molar-refractivity contribution in [2.45, 2.75) is 19.8 Å². The first-order valence-electron chi connectivity index (χ1n) is 8.12. The topological polar surface area (TPSA) is 97.8 Å². The second kappa shape index (κ2) is 7.85. The number of carbonyl (C=O) groups excluding carboxylic acids is 2. The van der Waals surface area contributed by atoms with E-state index in [1.807, 2.05) is 36.4 Å². The van der Waals surface area contributed by atoms with Gasteiger partial charge in [0, 0.05) is 19.6 Å². The number of furan rings is 1. The van der Waals surface area contributed by atoms with Gasteiger partial charge in [0.2, 0.25) is 5.91 Å². The van der Waals surface area contributed by atoms with Gasteiger partial charge in [0.15, 0.2) is 0 Å². The smallest absolute Gasteiger partial charge is 0.317 e. The fraction of sp³-hybridized carbons (Fsp3) is 0.333. The highest BCUT2D eigenvalue weighted by molar-refractivity contribution is 5.82. The van der Waals surface area contributed by atoms with E-state index in [9.17, 15) is 9.59 Å². The van der Waals surface area contributed by atoms with Crippen LogP contribution in [0, 0.1) is 5.92 Å². The Balaban J connectivity index is 1.42. The molecule has 2 aromatic rings. The minimum Gasteiger partial charge on any atom is -0.467 e. The van der Waals surface area contributed by atoms with E-state index >= 15 is 0 Å². The van der Waals surface area contributed by atoms with Gasteiger partial charge in [-0.2, -0.15) is 0 Å². The highest BCUT2D eigenvalue weighted by Crippen LogP contribution is 2.15. The second-order valence-corrected chi connectivity index (χ2v) is 6.06. The summed E-state index contributed by atoms with van der Waals surface area (Å²) in [6.45, 7) is 2.09. The molecule has 2 heterocycles. The Kier molecular flexibility index (Phi) is 5.35. The Labute approximate surface area is 145 Å². The van der Waals surface area contributed by atoms with E-state index in [-0.39, 0.29) is 17.9 Å². The average molecular weight is 343 g/mol. The monoisotopic (exact) mass is 343 g/mol. The number of rotatable bonds is 7. The predicted octanol–water partition coefficient (Wildman–Crippen LogP) is 1.62. The lowest BCUT2D eigenvalue weighted by atomic mass is 10.0. The van der Waals surface area contributed by atoms with E-state index in [0.717, 1.165) is 16.9 Å². The maximum absolute atomic E-state index is 12.0. The molecule has 0 spiro atoms. The minimum absolute atomic E-state index is 0.183. The zero-order valence-electron chi connectivity index (χ0n) is 13.8. The van der Waals surface area contributed by atoms with E-state index in [2.05, 4.69) is 5.32 Å². The summed E-state index contributed by atoms with van der Waals surface area (Å²) < 4.78 is 10.8. The molecule has 0 radical (unpaired) electrons. The molecule has 1 aromatic heterocycles. The number of carbonyl (C=O) groups is 2. The number of urea groups is 1. The third-order valence-electron chi connectivity index (χ3n) is 4.10. The number of nitrogens with one attached hydrogen (secondary N) is 1. The summed E-state index contributed by atoms with van der Waals surface area (Å²) in [6, 6.07) is 11.3. The van der Waals surface area contributed by atoms with Crippen LogP contribution in [0.15, 0.2) is 47.1 Å². The summed E-state index contributed by atoms with van der Waals surface area (Å²) >= 11 is 0. The molecule has 0 aliphatic carbocycles. The van der Waals surface area contributed by atoms with E-state index < -0.39 is 0 Å². The molecule has 0 saturated carbocycles. The molecule has 3 amide bonds. The van der Waals surface area contributed by atoms with Gasteiger partial charge in [-0.1, -0.05) is 24.3 Å². The third kappa shape index (κ3) is 4.60.